The normalized spacial score (nSPS) is 13.6. The summed E-state index contributed by atoms with van der Waals surface area (Å²) in [6, 6.07) is 0. The summed E-state index contributed by atoms with van der Waals surface area (Å²) >= 11 is 2.97. The summed E-state index contributed by atoms with van der Waals surface area (Å²) in [6.07, 6.45) is 0. The van der Waals surface area contributed by atoms with Crippen LogP contribution in [0.4, 0.5) is 0 Å². The Bertz CT molecular complexity index is 72.1. The summed E-state index contributed by atoms with van der Waals surface area (Å²) in [5, 5.41) is -0.424. The third-order valence-corrected chi connectivity index (χ3v) is 1.55. The molecule has 0 saturated heterocycles. The van der Waals surface area contributed by atoms with Crippen molar-refractivity contribution in [3.05, 3.63) is 0 Å². The van der Waals surface area contributed by atoms with Gasteiger partial charge in [0.15, 0.2) is 10.8 Å². The number of ketones is 1. The molecule has 0 fully saturated rings. The molecule has 2 nitrogen and oxygen atoms in total. The minimum atomic E-state index is -0.424. The lowest BCUT2D eigenvalue weighted by atomic mass is 10.5. The van der Waals surface area contributed by atoms with Crippen LogP contribution in [0, 0.1) is 0 Å². The molecule has 0 aromatic rings. The van der Waals surface area contributed by atoms with Gasteiger partial charge in [0.1, 0.15) is 0 Å². The van der Waals surface area contributed by atoms with Gasteiger partial charge in [0.25, 0.3) is 0 Å². The molecule has 0 bridgehead atoms. The summed E-state index contributed by atoms with van der Waals surface area (Å²) in [4.78, 5) is 10.2. The van der Waals surface area contributed by atoms with E-state index in [0.717, 1.165) is 0 Å². The van der Waals surface area contributed by atoms with Gasteiger partial charge in [-0.15, -0.1) is 0 Å². The number of Topliss-reactive ketones (excluding diaryl/α,β-unsaturated/α-hetero) is 1. The summed E-state index contributed by atoms with van der Waals surface area (Å²) in [5.74, 6) is -0.0116. The molecule has 0 radical (unpaired) electrons. The summed E-state index contributed by atoms with van der Waals surface area (Å²) < 4.78 is 4.58. The Kier molecular flexibility index (Phi) is 3.21. The van der Waals surface area contributed by atoms with Gasteiger partial charge in [0.05, 0.1) is 0 Å². The van der Waals surface area contributed by atoms with Gasteiger partial charge < -0.3 is 4.74 Å². The van der Waals surface area contributed by atoms with Gasteiger partial charge in [-0.3, -0.25) is 4.79 Å². The Balaban J connectivity index is 3.34. The number of methoxy groups -OCH3 is 1. The van der Waals surface area contributed by atoms with Crippen LogP contribution < -0.4 is 0 Å². The van der Waals surface area contributed by atoms with E-state index >= 15 is 0 Å². The highest BCUT2D eigenvalue weighted by atomic mass is 79.9. The van der Waals surface area contributed by atoms with Crippen molar-refractivity contribution in [2.45, 2.75) is 11.9 Å². The number of ether oxygens (including phenoxy) is 1. The molecule has 0 aromatic heterocycles. The zero-order valence-corrected chi connectivity index (χ0v) is 5.86. The van der Waals surface area contributed by atoms with Gasteiger partial charge in [-0.2, -0.15) is 0 Å². The lowest BCUT2D eigenvalue weighted by Crippen LogP contribution is -2.10. The van der Waals surface area contributed by atoms with Crippen molar-refractivity contribution < 1.29 is 9.53 Å². The first-order chi connectivity index (χ1) is 3.18. The minimum absolute atomic E-state index is 0.0116. The maximum atomic E-state index is 10.2. The molecule has 0 amide bonds. The number of carbonyl (C=O) groups is 1. The summed E-state index contributed by atoms with van der Waals surface area (Å²) in [5.41, 5.74) is 0. The van der Waals surface area contributed by atoms with E-state index in [-0.39, 0.29) is 5.78 Å². The van der Waals surface area contributed by atoms with Gasteiger partial charge in [0, 0.05) is 7.11 Å². The van der Waals surface area contributed by atoms with E-state index in [9.17, 15) is 4.79 Å². The second kappa shape index (κ2) is 3.16. The predicted molar refractivity (Wildman–Crippen MR) is 30.4 cm³/mol. The average Bonchev–Trinajstić information content (AvgIpc) is 1.65. The van der Waals surface area contributed by atoms with E-state index in [4.69, 9.17) is 0 Å². The molecule has 0 N–H and O–H groups in total. The number of hydrogen-bond donors (Lipinski definition) is 0. The average molecular weight is 167 g/mol. The molecule has 1 atom stereocenters. The molecular formula is C4H7BrO2. The van der Waals surface area contributed by atoms with Gasteiger partial charge in [-0.1, -0.05) is 0 Å². The molecule has 7 heavy (non-hydrogen) atoms. The fraction of sp³-hybridized carbons (Fsp3) is 0.750. The van der Waals surface area contributed by atoms with Crippen LogP contribution in [0.1, 0.15) is 6.92 Å². The van der Waals surface area contributed by atoms with E-state index in [0.29, 0.717) is 0 Å². The highest BCUT2D eigenvalue weighted by Gasteiger charge is 2.04. The lowest BCUT2D eigenvalue weighted by molar-refractivity contribution is -0.121. The van der Waals surface area contributed by atoms with Crippen LogP contribution >= 0.6 is 15.9 Å². The van der Waals surface area contributed by atoms with Crippen molar-refractivity contribution in [3.8, 4) is 0 Å². The molecule has 0 aliphatic heterocycles. The van der Waals surface area contributed by atoms with E-state index in [1.807, 2.05) is 0 Å². The van der Waals surface area contributed by atoms with Crippen molar-refractivity contribution in [2.75, 3.05) is 7.11 Å². The maximum absolute atomic E-state index is 10.2. The fourth-order valence-electron chi connectivity index (χ4n) is 0.166. The van der Waals surface area contributed by atoms with Crippen LogP contribution in [0.2, 0.25) is 0 Å². The van der Waals surface area contributed by atoms with Crippen LogP contribution in [0.5, 0.6) is 0 Å². The Hall–Kier alpha value is 0.110. The molecule has 0 aliphatic rings. The molecule has 0 aromatic carbocycles. The second-order valence-corrected chi connectivity index (χ2v) is 1.99. The quantitative estimate of drug-likeness (QED) is 0.572. The van der Waals surface area contributed by atoms with Gasteiger partial charge in [0.2, 0.25) is 0 Å². The fourth-order valence-corrected chi connectivity index (χ4v) is 0.166. The molecule has 0 aliphatic carbocycles. The van der Waals surface area contributed by atoms with Crippen molar-refractivity contribution >= 4 is 21.7 Å². The van der Waals surface area contributed by atoms with Crippen molar-refractivity contribution in [3.63, 3.8) is 0 Å². The summed E-state index contributed by atoms with van der Waals surface area (Å²) in [6.45, 7) is 1.46. The molecule has 0 spiro atoms. The number of alkyl halides is 1. The largest absolute Gasteiger partial charge is 0.362 e. The van der Waals surface area contributed by atoms with Crippen LogP contribution in [0.3, 0.4) is 0 Å². The molecular weight excluding hydrogens is 160 g/mol. The van der Waals surface area contributed by atoms with Crippen molar-refractivity contribution in [2.24, 2.45) is 0 Å². The predicted octanol–water partition coefficient (Wildman–Crippen LogP) is 0.943. The highest BCUT2D eigenvalue weighted by molar-refractivity contribution is 9.09. The van der Waals surface area contributed by atoms with Gasteiger partial charge in [-0.25, -0.2) is 0 Å². The zero-order valence-electron chi connectivity index (χ0n) is 4.27. The first-order valence-corrected chi connectivity index (χ1v) is 2.77. The van der Waals surface area contributed by atoms with E-state index < -0.39 is 5.01 Å². The first-order valence-electron chi connectivity index (χ1n) is 1.85. The van der Waals surface area contributed by atoms with E-state index in [1.165, 1.54) is 14.0 Å². The number of rotatable bonds is 2. The smallest absolute Gasteiger partial charge is 0.169 e. The third kappa shape index (κ3) is 2.76. The van der Waals surface area contributed by atoms with Gasteiger partial charge in [-0.05, 0) is 22.9 Å². The Labute approximate surface area is 51.0 Å². The SMILES string of the molecule is COC(Br)C(C)=O. The molecule has 0 heterocycles. The highest BCUT2D eigenvalue weighted by Crippen LogP contribution is 1.98. The van der Waals surface area contributed by atoms with Gasteiger partial charge >= 0.3 is 0 Å². The molecule has 1 unspecified atom stereocenters. The first kappa shape index (κ1) is 7.11. The van der Waals surface area contributed by atoms with E-state index in [2.05, 4.69) is 20.7 Å². The minimum Gasteiger partial charge on any atom is -0.362 e. The maximum Gasteiger partial charge on any atom is 0.169 e. The molecule has 3 heteroatoms. The Morgan fingerprint density at radius 2 is 2.29 bits per heavy atom. The van der Waals surface area contributed by atoms with Crippen LogP contribution in [0.25, 0.3) is 0 Å². The van der Waals surface area contributed by atoms with Crippen LogP contribution in [0.15, 0.2) is 0 Å². The molecule has 0 rings (SSSR count). The monoisotopic (exact) mass is 166 g/mol. The van der Waals surface area contributed by atoms with Crippen molar-refractivity contribution in [1.29, 1.82) is 0 Å². The topological polar surface area (TPSA) is 26.3 Å². The Morgan fingerprint density at radius 3 is 2.29 bits per heavy atom. The third-order valence-electron chi connectivity index (χ3n) is 0.527. The number of halogens is 1. The molecule has 42 valence electrons. The zero-order chi connectivity index (χ0) is 5.86. The second-order valence-electron chi connectivity index (χ2n) is 1.16. The molecule has 0 saturated carbocycles. The number of hydrogen-bond acceptors (Lipinski definition) is 2. The van der Waals surface area contributed by atoms with E-state index in [1.54, 1.807) is 0 Å². The lowest BCUT2D eigenvalue weighted by Gasteiger charge is -1.98. The van der Waals surface area contributed by atoms with Crippen LogP contribution in [-0.4, -0.2) is 17.9 Å². The Morgan fingerprint density at radius 1 is 1.86 bits per heavy atom. The number of carbonyl (C=O) groups excluding carboxylic acids is 1. The van der Waals surface area contributed by atoms with Crippen LogP contribution in [-0.2, 0) is 9.53 Å². The van der Waals surface area contributed by atoms with Crippen molar-refractivity contribution in [1.82, 2.24) is 0 Å². The standard InChI is InChI=1S/C4H7BrO2/c1-3(6)4(5)7-2/h4H,1-2H3. The summed E-state index contributed by atoms with van der Waals surface area (Å²) in [7, 11) is 1.47.